The van der Waals surface area contributed by atoms with Crippen molar-refractivity contribution in [3.8, 4) is 0 Å². The number of hydrogen-bond donors (Lipinski definition) is 4. The van der Waals surface area contributed by atoms with Crippen LogP contribution in [0.1, 0.15) is 30.5 Å². The molecular formula is C25H40N2O8S2. The van der Waals surface area contributed by atoms with Crippen molar-refractivity contribution in [2.75, 3.05) is 47.5 Å². The van der Waals surface area contributed by atoms with Gasteiger partial charge in [0.15, 0.2) is 0 Å². The number of likely N-dealkylation sites (N-methyl/N-ethyl adjacent to an activating group) is 2. The summed E-state index contributed by atoms with van der Waals surface area (Å²) in [6.45, 7) is 11.4. The zero-order valence-corrected chi connectivity index (χ0v) is 23.7. The van der Waals surface area contributed by atoms with Crippen LogP contribution in [0.2, 0.25) is 0 Å². The van der Waals surface area contributed by atoms with E-state index in [-0.39, 0.29) is 13.1 Å². The lowest BCUT2D eigenvalue weighted by atomic mass is 10.1. The Bertz CT molecular complexity index is 1180. The van der Waals surface area contributed by atoms with Crippen LogP contribution in [0.4, 0.5) is 11.4 Å². The molecule has 2 rings (SSSR count). The molecule has 2 aromatic carbocycles. The number of aliphatic hydroxyl groups excluding tert-OH is 2. The van der Waals surface area contributed by atoms with Gasteiger partial charge >= 0.3 is 0 Å². The molecule has 0 saturated carbocycles. The zero-order valence-electron chi connectivity index (χ0n) is 22.1. The summed E-state index contributed by atoms with van der Waals surface area (Å²) < 4.78 is 60.2. The summed E-state index contributed by atoms with van der Waals surface area (Å²) in [5.41, 5.74) is 5.17. The van der Waals surface area contributed by atoms with Crippen molar-refractivity contribution in [3.63, 3.8) is 0 Å². The van der Waals surface area contributed by atoms with E-state index in [1.165, 1.54) is 0 Å². The summed E-state index contributed by atoms with van der Waals surface area (Å²) >= 11 is 0. The molecule has 0 saturated heterocycles. The SMILES string of the molecule is CCN(CC(O)CS(=O)(=O)O)c1cc(C)cc(C)c1.CCN(CC(O)CS(=O)(=O)O)c1cccc(C)c1. The van der Waals surface area contributed by atoms with E-state index in [9.17, 15) is 27.0 Å². The molecule has 4 N–H and O–H groups in total. The van der Waals surface area contributed by atoms with Gasteiger partial charge in [-0.15, -0.1) is 0 Å². The Morgan fingerprint density at radius 1 is 0.676 bits per heavy atom. The average molecular weight is 561 g/mol. The van der Waals surface area contributed by atoms with Crippen molar-refractivity contribution in [1.29, 1.82) is 0 Å². The minimum absolute atomic E-state index is 0.166. The number of hydrogen-bond acceptors (Lipinski definition) is 8. The van der Waals surface area contributed by atoms with Crippen LogP contribution >= 0.6 is 0 Å². The smallest absolute Gasteiger partial charge is 0.267 e. The summed E-state index contributed by atoms with van der Waals surface area (Å²) in [6, 6.07) is 13.7. The molecule has 0 radical (unpaired) electrons. The van der Waals surface area contributed by atoms with Gasteiger partial charge in [-0.2, -0.15) is 16.8 Å². The van der Waals surface area contributed by atoms with Crippen LogP contribution in [0.3, 0.4) is 0 Å². The lowest BCUT2D eigenvalue weighted by Crippen LogP contribution is -2.36. The largest absolute Gasteiger partial charge is 0.390 e. The number of anilines is 2. The zero-order chi connectivity index (χ0) is 28.4. The molecule has 0 spiro atoms. The topological polar surface area (TPSA) is 156 Å². The van der Waals surface area contributed by atoms with Crippen LogP contribution in [0, 0.1) is 20.8 Å². The first kappa shape index (κ1) is 32.8. The van der Waals surface area contributed by atoms with E-state index in [0.29, 0.717) is 13.1 Å². The average Bonchev–Trinajstić information content (AvgIpc) is 2.73. The fraction of sp³-hybridized carbons (Fsp3) is 0.520. The van der Waals surface area contributed by atoms with Gasteiger partial charge in [0.25, 0.3) is 20.2 Å². The van der Waals surface area contributed by atoms with E-state index in [1.54, 1.807) is 0 Å². The molecule has 0 aliphatic carbocycles. The molecule has 0 amide bonds. The Hall–Kier alpha value is -2.22. The van der Waals surface area contributed by atoms with Gasteiger partial charge in [-0.3, -0.25) is 9.11 Å². The Balaban J connectivity index is 0.000000371. The first-order valence-corrected chi connectivity index (χ1v) is 15.2. The summed E-state index contributed by atoms with van der Waals surface area (Å²) in [5.74, 6) is -1.29. The van der Waals surface area contributed by atoms with Crippen LogP contribution < -0.4 is 9.80 Å². The Kier molecular flexibility index (Phi) is 13.0. The molecule has 0 aromatic heterocycles. The number of rotatable bonds is 12. The van der Waals surface area contributed by atoms with Gasteiger partial charge < -0.3 is 20.0 Å². The first-order valence-electron chi connectivity index (χ1n) is 11.9. The summed E-state index contributed by atoms with van der Waals surface area (Å²) in [4.78, 5) is 3.75. The number of benzene rings is 2. The maximum atomic E-state index is 10.7. The molecule has 0 bridgehead atoms. The Morgan fingerprint density at radius 2 is 1.08 bits per heavy atom. The molecule has 2 unspecified atom stereocenters. The van der Waals surface area contributed by atoms with Crippen molar-refractivity contribution in [2.45, 2.75) is 46.8 Å². The van der Waals surface area contributed by atoms with Gasteiger partial charge in [-0.25, -0.2) is 0 Å². The Morgan fingerprint density at radius 3 is 1.46 bits per heavy atom. The van der Waals surface area contributed by atoms with E-state index >= 15 is 0 Å². The second-order valence-corrected chi connectivity index (χ2v) is 12.1. The fourth-order valence-electron chi connectivity index (χ4n) is 3.89. The number of aliphatic hydroxyl groups is 2. The Labute approximate surface area is 221 Å². The van der Waals surface area contributed by atoms with Gasteiger partial charge in [0.05, 0.1) is 12.2 Å². The fourth-order valence-corrected chi connectivity index (χ4v) is 5.08. The standard InChI is InChI=1S/C13H21NO4S.C12H19NO4S/c1-4-14(8-13(15)9-19(16,17)18)12-6-10(2)5-11(3)7-12;1-3-13(8-12(14)9-18(15,16)17)11-6-4-5-10(2)7-11/h5-7,13,15H,4,8-9H2,1-3H3,(H,16,17,18);4-7,12,14H,3,8-9H2,1-2H3,(H,15,16,17). The lowest BCUT2D eigenvalue weighted by molar-refractivity contribution is 0.199. The normalized spacial score (nSPS) is 13.3. The van der Waals surface area contributed by atoms with Gasteiger partial charge in [0.1, 0.15) is 11.5 Å². The molecule has 12 heteroatoms. The summed E-state index contributed by atoms with van der Waals surface area (Å²) in [6.07, 6.45) is -2.23. The third kappa shape index (κ3) is 13.8. The predicted molar refractivity (Wildman–Crippen MR) is 148 cm³/mol. The van der Waals surface area contributed by atoms with Crippen LogP contribution in [-0.2, 0) is 20.2 Å². The third-order valence-corrected chi connectivity index (χ3v) is 6.98. The molecule has 2 aromatic rings. The maximum absolute atomic E-state index is 10.7. The van der Waals surface area contributed by atoms with E-state index < -0.39 is 43.9 Å². The van der Waals surface area contributed by atoms with Gasteiger partial charge in [-0.05, 0) is 75.6 Å². The highest BCUT2D eigenvalue weighted by Gasteiger charge is 2.18. The molecule has 0 aliphatic rings. The van der Waals surface area contributed by atoms with Crippen LogP contribution in [0.15, 0.2) is 42.5 Å². The van der Waals surface area contributed by atoms with Crippen LogP contribution in [0.25, 0.3) is 0 Å². The van der Waals surface area contributed by atoms with Crippen LogP contribution in [0.5, 0.6) is 0 Å². The van der Waals surface area contributed by atoms with Gasteiger partial charge in [0, 0.05) is 37.6 Å². The number of aryl methyl sites for hydroxylation is 3. The first-order chi connectivity index (χ1) is 17.0. The second-order valence-electron chi connectivity index (χ2n) is 9.07. The second kappa shape index (κ2) is 14.6. The maximum Gasteiger partial charge on any atom is 0.267 e. The molecule has 0 heterocycles. The van der Waals surface area contributed by atoms with Gasteiger partial charge in [-0.1, -0.05) is 18.2 Å². The number of nitrogens with zero attached hydrogens (tertiary/aromatic N) is 2. The minimum atomic E-state index is -4.15. The molecule has 0 aliphatic heterocycles. The van der Waals surface area contributed by atoms with Gasteiger partial charge in [0.2, 0.25) is 0 Å². The van der Waals surface area contributed by atoms with E-state index in [4.69, 9.17) is 9.11 Å². The molecule has 10 nitrogen and oxygen atoms in total. The van der Waals surface area contributed by atoms with Crippen molar-refractivity contribution in [3.05, 3.63) is 59.2 Å². The predicted octanol–water partition coefficient (Wildman–Crippen LogP) is 2.45. The molecular weight excluding hydrogens is 520 g/mol. The van der Waals surface area contributed by atoms with Crippen molar-refractivity contribution >= 4 is 31.6 Å². The highest BCUT2D eigenvalue weighted by molar-refractivity contribution is 7.86. The van der Waals surface area contributed by atoms with Crippen molar-refractivity contribution in [1.82, 2.24) is 0 Å². The molecule has 2 atom stereocenters. The highest BCUT2D eigenvalue weighted by Crippen LogP contribution is 2.19. The molecule has 37 heavy (non-hydrogen) atoms. The quantitative estimate of drug-likeness (QED) is 0.284. The highest BCUT2D eigenvalue weighted by atomic mass is 32.2. The van der Waals surface area contributed by atoms with E-state index in [2.05, 4.69) is 0 Å². The van der Waals surface area contributed by atoms with E-state index in [1.807, 2.05) is 86.9 Å². The van der Waals surface area contributed by atoms with E-state index in [0.717, 1.165) is 28.1 Å². The van der Waals surface area contributed by atoms with Crippen molar-refractivity contribution < 1.29 is 36.2 Å². The molecule has 210 valence electrons. The monoisotopic (exact) mass is 560 g/mol. The third-order valence-electron chi connectivity index (χ3n) is 5.37. The molecule has 0 fully saturated rings. The summed E-state index contributed by atoms with van der Waals surface area (Å²) in [5, 5.41) is 19.3. The van der Waals surface area contributed by atoms with Crippen LogP contribution in [-0.4, -0.2) is 86.0 Å². The lowest BCUT2D eigenvalue weighted by Gasteiger charge is -2.26. The van der Waals surface area contributed by atoms with Crippen molar-refractivity contribution in [2.24, 2.45) is 0 Å². The summed E-state index contributed by atoms with van der Waals surface area (Å²) in [7, 11) is -8.30. The minimum Gasteiger partial charge on any atom is -0.390 e.